The maximum atomic E-state index is 11.4. The number of nitrogens with zero attached hydrogens (tertiary/aromatic N) is 2. The molecule has 0 atom stereocenters. The van der Waals surface area contributed by atoms with Crippen LogP contribution >= 0.6 is 0 Å². The molecule has 6 nitrogen and oxygen atoms in total. The molecule has 2 aliphatic heterocycles. The van der Waals surface area contributed by atoms with E-state index >= 15 is 0 Å². The van der Waals surface area contributed by atoms with Crippen LogP contribution in [0.15, 0.2) is 24.3 Å². The summed E-state index contributed by atoms with van der Waals surface area (Å²) in [6.07, 6.45) is 7.69. The summed E-state index contributed by atoms with van der Waals surface area (Å²) in [7, 11) is -0.808. The number of likely N-dealkylation sites (tertiary alicyclic amines) is 1. The number of benzene rings is 1. The molecule has 0 N–H and O–H groups in total. The number of rotatable bonds is 12. The molecule has 0 aromatic heterocycles. The van der Waals surface area contributed by atoms with Crippen molar-refractivity contribution >= 4 is 9.84 Å². The zero-order valence-electron chi connectivity index (χ0n) is 19.4. The van der Waals surface area contributed by atoms with Gasteiger partial charge < -0.3 is 19.3 Å². The van der Waals surface area contributed by atoms with Gasteiger partial charge in [0.1, 0.15) is 15.6 Å². The lowest BCUT2D eigenvalue weighted by Crippen LogP contribution is -2.44. The fourth-order valence-corrected chi connectivity index (χ4v) is 5.54. The summed E-state index contributed by atoms with van der Waals surface area (Å²) in [6.45, 7) is 7.61. The van der Waals surface area contributed by atoms with Gasteiger partial charge in [0.2, 0.25) is 0 Å². The summed E-state index contributed by atoms with van der Waals surface area (Å²) >= 11 is 0. The first-order valence-electron chi connectivity index (χ1n) is 11.8. The highest BCUT2D eigenvalue weighted by Gasteiger charge is 2.35. The van der Waals surface area contributed by atoms with Gasteiger partial charge in [-0.3, -0.25) is 0 Å². The average molecular weight is 453 g/mol. The first-order valence-corrected chi connectivity index (χ1v) is 13.8. The monoisotopic (exact) mass is 452 g/mol. The molecule has 0 bridgehead atoms. The molecule has 3 rings (SSSR count). The Kier molecular flexibility index (Phi) is 9.19. The van der Waals surface area contributed by atoms with Gasteiger partial charge in [0.15, 0.2) is 0 Å². The SMILES string of the molecule is CN(CCCS(C)(=O)=O)CC1(c2ccc(OCCCN3CCCC3)cc2)CCOCC1. The third-order valence-corrected chi connectivity index (χ3v) is 7.66. The molecule has 2 fully saturated rings. The van der Waals surface area contributed by atoms with Crippen LogP contribution in [-0.2, 0) is 20.0 Å². The van der Waals surface area contributed by atoms with Crippen LogP contribution in [0, 0.1) is 0 Å². The van der Waals surface area contributed by atoms with E-state index in [1.54, 1.807) is 0 Å². The molecule has 0 radical (unpaired) electrons. The number of sulfone groups is 1. The molecule has 31 heavy (non-hydrogen) atoms. The van der Waals surface area contributed by atoms with Crippen LogP contribution < -0.4 is 4.74 Å². The Morgan fingerprint density at radius 1 is 1.10 bits per heavy atom. The van der Waals surface area contributed by atoms with E-state index in [4.69, 9.17) is 9.47 Å². The smallest absolute Gasteiger partial charge is 0.147 e. The molecule has 1 aromatic rings. The average Bonchev–Trinajstić information content (AvgIpc) is 3.25. The van der Waals surface area contributed by atoms with Crippen molar-refractivity contribution in [3.63, 3.8) is 0 Å². The maximum Gasteiger partial charge on any atom is 0.147 e. The Balaban J connectivity index is 1.53. The molecule has 176 valence electrons. The molecule has 7 heteroatoms. The second kappa shape index (κ2) is 11.6. The van der Waals surface area contributed by atoms with Crippen LogP contribution in [0.4, 0.5) is 0 Å². The second-order valence-electron chi connectivity index (χ2n) is 9.39. The van der Waals surface area contributed by atoms with Gasteiger partial charge in [-0.2, -0.15) is 0 Å². The first-order chi connectivity index (χ1) is 14.9. The van der Waals surface area contributed by atoms with Crippen molar-refractivity contribution in [2.75, 3.05) is 71.6 Å². The van der Waals surface area contributed by atoms with E-state index in [9.17, 15) is 8.42 Å². The minimum atomic E-state index is -2.90. The highest BCUT2D eigenvalue weighted by Crippen LogP contribution is 2.36. The molecule has 2 saturated heterocycles. The molecule has 0 spiro atoms. The third kappa shape index (κ3) is 8.04. The van der Waals surface area contributed by atoms with E-state index in [-0.39, 0.29) is 11.2 Å². The van der Waals surface area contributed by atoms with Crippen LogP contribution in [0.1, 0.15) is 44.1 Å². The number of ether oxygens (including phenoxy) is 2. The first kappa shape index (κ1) is 24.5. The summed E-state index contributed by atoms with van der Waals surface area (Å²) in [5.74, 6) is 1.19. The zero-order chi connectivity index (χ0) is 22.2. The molecule has 0 aliphatic carbocycles. The van der Waals surface area contributed by atoms with E-state index in [1.165, 1.54) is 37.8 Å². The van der Waals surface area contributed by atoms with Gasteiger partial charge in [-0.15, -0.1) is 0 Å². The third-order valence-electron chi connectivity index (χ3n) is 6.63. The quantitative estimate of drug-likeness (QED) is 0.455. The highest BCUT2D eigenvalue weighted by atomic mass is 32.2. The summed E-state index contributed by atoms with van der Waals surface area (Å²) < 4.78 is 34.5. The van der Waals surface area contributed by atoms with Crippen LogP contribution in [0.5, 0.6) is 5.75 Å². The molecule has 2 heterocycles. The second-order valence-corrected chi connectivity index (χ2v) is 11.6. The minimum Gasteiger partial charge on any atom is -0.494 e. The molecule has 0 saturated carbocycles. The Bertz CT molecular complexity index is 754. The topological polar surface area (TPSA) is 59.1 Å². The molecule has 0 unspecified atom stereocenters. The number of likely N-dealkylation sites (N-methyl/N-ethyl adjacent to an activating group) is 1. The highest BCUT2D eigenvalue weighted by molar-refractivity contribution is 7.90. The van der Waals surface area contributed by atoms with Crippen molar-refractivity contribution < 1.29 is 17.9 Å². The molecular formula is C24H40N2O4S. The molecule has 0 amide bonds. The fraction of sp³-hybridized carbons (Fsp3) is 0.750. The Morgan fingerprint density at radius 3 is 2.42 bits per heavy atom. The Labute approximate surface area is 188 Å². The van der Waals surface area contributed by atoms with Crippen LogP contribution in [0.3, 0.4) is 0 Å². The van der Waals surface area contributed by atoms with E-state index in [2.05, 4.69) is 41.1 Å². The van der Waals surface area contributed by atoms with Gasteiger partial charge in [0, 0.05) is 38.0 Å². The maximum absolute atomic E-state index is 11.4. The van der Waals surface area contributed by atoms with Gasteiger partial charge >= 0.3 is 0 Å². The largest absolute Gasteiger partial charge is 0.494 e. The van der Waals surface area contributed by atoms with Gasteiger partial charge in [-0.05, 0) is 82.9 Å². The zero-order valence-corrected chi connectivity index (χ0v) is 20.2. The summed E-state index contributed by atoms with van der Waals surface area (Å²) in [5, 5.41) is 0. The Morgan fingerprint density at radius 2 is 1.77 bits per heavy atom. The predicted octanol–water partition coefficient (Wildman–Crippen LogP) is 2.97. The van der Waals surface area contributed by atoms with E-state index in [1.807, 2.05) is 0 Å². The predicted molar refractivity (Wildman–Crippen MR) is 126 cm³/mol. The number of hydrogen-bond acceptors (Lipinski definition) is 6. The van der Waals surface area contributed by atoms with Gasteiger partial charge in [-0.25, -0.2) is 8.42 Å². The van der Waals surface area contributed by atoms with Gasteiger partial charge in [0.25, 0.3) is 0 Å². The van der Waals surface area contributed by atoms with E-state index in [0.29, 0.717) is 6.42 Å². The summed E-state index contributed by atoms with van der Waals surface area (Å²) in [4.78, 5) is 4.80. The van der Waals surface area contributed by atoms with E-state index in [0.717, 1.165) is 64.5 Å². The van der Waals surface area contributed by atoms with Crippen molar-refractivity contribution in [1.82, 2.24) is 9.80 Å². The van der Waals surface area contributed by atoms with Gasteiger partial charge in [0.05, 0.1) is 12.4 Å². The molecule has 2 aliphatic rings. The van der Waals surface area contributed by atoms with Crippen LogP contribution in [0.2, 0.25) is 0 Å². The van der Waals surface area contributed by atoms with Crippen LogP contribution in [-0.4, -0.2) is 89.8 Å². The van der Waals surface area contributed by atoms with Crippen molar-refractivity contribution in [2.24, 2.45) is 0 Å². The van der Waals surface area contributed by atoms with Crippen molar-refractivity contribution in [3.8, 4) is 5.75 Å². The van der Waals surface area contributed by atoms with Crippen LogP contribution in [0.25, 0.3) is 0 Å². The fourth-order valence-electron chi connectivity index (χ4n) is 4.88. The van der Waals surface area contributed by atoms with E-state index < -0.39 is 9.84 Å². The molecule has 1 aromatic carbocycles. The van der Waals surface area contributed by atoms with Crippen molar-refractivity contribution in [2.45, 2.75) is 43.9 Å². The minimum absolute atomic E-state index is 0.0480. The lowest BCUT2D eigenvalue weighted by molar-refractivity contribution is 0.0373. The lowest BCUT2D eigenvalue weighted by Gasteiger charge is -2.40. The normalized spacial score (nSPS) is 19.7. The number of hydrogen-bond donors (Lipinski definition) is 0. The summed E-state index contributed by atoms with van der Waals surface area (Å²) in [5.41, 5.74) is 1.38. The summed E-state index contributed by atoms with van der Waals surface area (Å²) in [6, 6.07) is 8.63. The van der Waals surface area contributed by atoms with Gasteiger partial charge in [-0.1, -0.05) is 12.1 Å². The lowest BCUT2D eigenvalue weighted by atomic mass is 9.73. The molecular weight excluding hydrogens is 412 g/mol. The standard InChI is InChI=1S/C24H40N2O4S/c1-25(13-6-20-31(2,27)28)21-24(11-18-29-19-12-24)22-7-9-23(10-8-22)30-17-5-16-26-14-3-4-15-26/h7-10H,3-6,11-21H2,1-2H3. The Hall–Kier alpha value is -1.15. The van der Waals surface area contributed by atoms with Crippen molar-refractivity contribution in [1.29, 1.82) is 0 Å². The van der Waals surface area contributed by atoms with Crippen molar-refractivity contribution in [3.05, 3.63) is 29.8 Å².